The Balaban J connectivity index is 1.90. The molecule has 0 atom stereocenters. The van der Waals surface area contributed by atoms with E-state index in [2.05, 4.69) is 35.7 Å². The van der Waals surface area contributed by atoms with E-state index in [1.54, 1.807) is 6.20 Å². The number of aromatic nitrogens is 6. The zero-order valence-electron chi connectivity index (χ0n) is 10.5. The van der Waals surface area contributed by atoms with Crippen molar-refractivity contribution in [2.75, 3.05) is 24.3 Å². The van der Waals surface area contributed by atoms with E-state index >= 15 is 0 Å². The van der Waals surface area contributed by atoms with Crippen LogP contribution >= 0.6 is 0 Å². The van der Waals surface area contributed by atoms with Gasteiger partial charge in [0.05, 0.1) is 11.6 Å². The highest BCUT2D eigenvalue weighted by molar-refractivity contribution is 5.87. The lowest BCUT2D eigenvalue weighted by atomic mass is 10.4. The molecule has 8 nitrogen and oxygen atoms in total. The van der Waals surface area contributed by atoms with Crippen molar-refractivity contribution in [3.63, 3.8) is 0 Å². The van der Waals surface area contributed by atoms with Gasteiger partial charge in [-0.1, -0.05) is 0 Å². The highest BCUT2D eigenvalue weighted by atomic mass is 15.3. The molecule has 3 heterocycles. The van der Waals surface area contributed by atoms with Gasteiger partial charge in [0.2, 0.25) is 0 Å². The Morgan fingerprint density at radius 3 is 2.79 bits per heavy atom. The summed E-state index contributed by atoms with van der Waals surface area (Å²) in [5, 5.41) is 18.8. The molecule has 0 saturated heterocycles. The minimum atomic E-state index is 0.617. The Hall–Kier alpha value is -2.77. The number of anilines is 3. The second-order valence-corrected chi connectivity index (χ2v) is 4.15. The van der Waals surface area contributed by atoms with Crippen molar-refractivity contribution in [2.24, 2.45) is 0 Å². The first kappa shape index (κ1) is 11.3. The maximum absolute atomic E-state index is 4.17. The van der Waals surface area contributed by atoms with E-state index in [0.29, 0.717) is 17.3 Å². The number of fused-ring (bicyclic) bond motifs is 1. The molecule has 0 amide bonds. The third-order valence-corrected chi connectivity index (χ3v) is 2.60. The molecule has 0 bridgehead atoms. The highest BCUT2D eigenvalue weighted by Gasteiger charge is 2.06. The molecule has 3 aromatic rings. The lowest BCUT2D eigenvalue weighted by Gasteiger charge is -2.10. The monoisotopic (exact) mass is 256 g/mol. The molecule has 96 valence electrons. The third-order valence-electron chi connectivity index (χ3n) is 2.60. The summed E-state index contributed by atoms with van der Waals surface area (Å²) in [4.78, 5) is 10.1. The van der Waals surface area contributed by atoms with Crippen LogP contribution in [0.4, 0.5) is 17.5 Å². The zero-order valence-corrected chi connectivity index (χ0v) is 10.5. The fourth-order valence-corrected chi connectivity index (χ4v) is 1.62. The molecule has 2 N–H and O–H groups in total. The van der Waals surface area contributed by atoms with Gasteiger partial charge in [0.1, 0.15) is 12.1 Å². The first-order chi connectivity index (χ1) is 9.24. The summed E-state index contributed by atoms with van der Waals surface area (Å²) in [6.07, 6.45) is 3.13. The van der Waals surface area contributed by atoms with Crippen LogP contribution in [0.15, 0.2) is 24.7 Å². The van der Waals surface area contributed by atoms with Crippen LogP contribution in [0.2, 0.25) is 0 Å². The summed E-state index contributed by atoms with van der Waals surface area (Å²) in [6, 6.07) is 3.72. The summed E-state index contributed by atoms with van der Waals surface area (Å²) in [6.45, 7) is 0. The van der Waals surface area contributed by atoms with Crippen LogP contribution in [-0.2, 0) is 0 Å². The lowest BCUT2D eigenvalue weighted by molar-refractivity contribution is 0.967. The fourth-order valence-electron chi connectivity index (χ4n) is 1.62. The molecule has 0 fully saturated rings. The Morgan fingerprint density at radius 1 is 1.16 bits per heavy atom. The number of nitrogens with one attached hydrogen (secondary N) is 2. The van der Waals surface area contributed by atoms with E-state index in [9.17, 15) is 0 Å². The van der Waals surface area contributed by atoms with Gasteiger partial charge in [-0.25, -0.2) is 9.97 Å². The smallest absolute Gasteiger partial charge is 0.160 e. The first-order valence-electron chi connectivity index (χ1n) is 5.66. The zero-order chi connectivity index (χ0) is 13.2. The van der Waals surface area contributed by atoms with Gasteiger partial charge >= 0.3 is 0 Å². The Bertz CT molecular complexity index is 687. The van der Waals surface area contributed by atoms with Crippen LogP contribution in [0.25, 0.3) is 11.0 Å². The number of H-pyrrole nitrogens is 1. The molecule has 8 heteroatoms. The lowest BCUT2D eigenvalue weighted by Crippen LogP contribution is -2.11. The molecule has 0 aliphatic heterocycles. The van der Waals surface area contributed by atoms with Gasteiger partial charge in [0.15, 0.2) is 17.3 Å². The Morgan fingerprint density at radius 2 is 2.05 bits per heavy atom. The van der Waals surface area contributed by atoms with Crippen molar-refractivity contribution in [1.82, 2.24) is 30.4 Å². The van der Waals surface area contributed by atoms with E-state index in [4.69, 9.17) is 0 Å². The van der Waals surface area contributed by atoms with Crippen molar-refractivity contribution in [3.05, 3.63) is 24.7 Å². The van der Waals surface area contributed by atoms with Crippen LogP contribution in [0.3, 0.4) is 0 Å². The number of rotatable bonds is 3. The molecular formula is C11H12N8. The normalized spacial score (nSPS) is 10.6. The highest BCUT2D eigenvalue weighted by Crippen LogP contribution is 2.20. The van der Waals surface area contributed by atoms with Crippen LogP contribution in [0.5, 0.6) is 0 Å². The largest absolute Gasteiger partial charge is 0.361 e. The van der Waals surface area contributed by atoms with Crippen LogP contribution < -0.4 is 10.2 Å². The molecular weight excluding hydrogens is 244 g/mol. The van der Waals surface area contributed by atoms with Gasteiger partial charge in [-0.3, -0.25) is 5.10 Å². The van der Waals surface area contributed by atoms with Gasteiger partial charge < -0.3 is 10.2 Å². The Labute approximate surface area is 108 Å². The first-order valence-corrected chi connectivity index (χ1v) is 5.66. The average Bonchev–Trinajstić information content (AvgIpc) is 2.89. The quantitative estimate of drug-likeness (QED) is 0.720. The number of hydrogen-bond acceptors (Lipinski definition) is 7. The standard InChI is InChI=1S/C11H12N8/c1-19(2)9-4-3-8(16-17-9)15-10-7-5-14-18-11(7)13-6-12-10/h3-6H,1-2H3,(H2,12,13,14,15,16,18). The molecule has 0 saturated carbocycles. The van der Waals surface area contributed by atoms with Crippen LogP contribution in [0, 0.1) is 0 Å². The third kappa shape index (κ3) is 2.15. The van der Waals surface area contributed by atoms with Crippen LogP contribution in [0.1, 0.15) is 0 Å². The SMILES string of the molecule is CN(C)c1ccc(Nc2ncnc3[nH]ncc23)nn1. The van der Waals surface area contributed by atoms with Gasteiger partial charge in [-0.15, -0.1) is 10.2 Å². The molecule has 3 rings (SSSR count). The number of nitrogens with zero attached hydrogens (tertiary/aromatic N) is 6. The summed E-state index contributed by atoms with van der Waals surface area (Å²) in [5.74, 6) is 2.05. The van der Waals surface area contributed by atoms with Crippen molar-refractivity contribution < 1.29 is 0 Å². The number of aromatic amines is 1. The average molecular weight is 256 g/mol. The van der Waals surface area contributed by atoms with Crippen LogP contribution in [-0.4, -0.2) is 44.5 Å². The molecule has 0 aromatic carbocycles. The van der Waals surface area contributed by atoms with Gasteiger partial charge in [0.25, 0.3) is 0 Å². The fraction of sp³-hybridized carbons (Fsp3) is 0.182. The minimum Gasteiger partial charge on any atom is -0.361 e. The van der Waals surface area contributed by atoms with E-state index in [1.165, 1.54) is 6.33 Å². The number of hydrogen-bond donors (Lipinski definition) is 2. The molecule has 0 aliphatic carbocycles. The molecule has 0 spiro atoms. The summed E-state index contributed by atoms with van der Waals surface area (Å²) >= 11 is 0. The molecule has 0 unspecified atom stereocenters. The second-order valence-electron chi connectivity index (χ2n) is 4.15. The minimum absolute atomic E-state index is 0.617. The molecule has 0 radical (unpaired) electrons. The summed E-state index contributed by atoms with van der Waals surface area (Å²) in [7, 11) is 3.83. The van der Waals surface area contributed by atoms with Crippen molar-refractivity contribution in [3.8, 4) is 0 Å². The van der Waals surface area contributed by atoms with E-state index in [0.717, 1.165) is 11.2 Å². The maximum atomic E-state index is 4.17. The van der Waals surface area contributed by atoms with E-state index in [-0.39, 0.29) is 0 Å². The topological polar surface area (TPSA) is 95.5 Å². The predicted octanol–water partition coefficient (Wildman–Crippen LogP) is 0.952. The summed E-state index contributed by atoms with van der Waals surface area (Å²) < 4.78 is 0. The van der Waals surface area contributed by atoms with Crippen molar-refractivity contribution in [2.45, 2.75) is 0 Å². The predicted molar refractivity (Wildman–Crippen MR) is 71.3 cm³/mol. The van der Waals surface area contributed by atoms with Gasteiger partial charge in [0, 0.05) is 14.1 Å². The Kier molecular flexibility index (Phi) is 2.67. The van der Waals surface area contributed by atoms with Gasteiger partial charge in [-0.2, -0.15) is 5.10 Å². The second kappa shape index (κ2) is 4.48. The molecule has 19 heavy (non-hydrogen) atoms. The maximum Gasteiger partial charge on any atom is 0.160 e. The van der Waals surface area contributed by atoms with Crippen molar-refractivity contribution >= 4 is 28.5 Å². The summed E-state index contributed by atoms with van der Waals surface area (Å²) in [5.41, 5.74) is 0.676. The van der Waals surface area contributed by atoms with Crippen molar-refractivity contribution in [1.29, 1.82) is 0 Å². The van der Waals surface area contributed by atoms with E-state index < -0.39 is 0 Å². The molecule has 3 aromatic heterocycles. The van der Waals surface area contributed by atoms with E-state index in [1.807, 2.05) is 31.1 Å². The van der Waals surface area contributed by atoms with Gasteiger partial charge in [-0.05, 0) is 12.1 Å². The molecule has 0 aliphatic rings.